The Kier molecular flexibility index (Phi) is 5.73. The smallest absolute Gasteiger partial charge is 0.291 e. The number of amides is 1. The van der Waals surface area contributed by atoms with Gasteiger partial charge in [-0.05, 0) is 66.9 Å². The molecule has 178 valence electrons. The van der Waals surface area contributed by atoms with Gasteiger partial charge in [0, 0.05) is 11.6 Å². The largest absolute Gasteiger partial charge is 0.504 e. The normalized spacial score (nSPS) is 15.0. The van der Waals surface area contributed by atoms with E-state index >= 15 is 0 Å². The zero-order valence-corrected chi connectivity index (χ0v) is 19.7. The van der Waals surface area contributed by atoms with Gasteiger partial charge in [0.15, 0.2) is 16.9 Å². The monoisotopic (exact) mass is 493 g/mol. The van der Waals surface area contributed by atoms with Crippen molar-refractivity contribution >= 4 is 28.5 Å². The molecule has 35 heavy (non-hydrogen) atoms. The summed E-state index contributed by atoms with van der Waals surface area (Å²) in [5.74, 6) is -0.736. The van der Waals surface area contributed by atoms with Crippen LogP contribution in [0.25, 0.3) is 11.0 Å². The molecular weight excluding hydrogens is 473 g/mol. The number of halogens is 2. The molecule has 0 radical (unpaired) electrons. The van der Waals surface area contributed by atoms with E-state index in [9.17, 15) is 19.1 Å². The van der Waals surface area contributed by atoms with E-state index in [1.807, 2.05) is 0 Å². The van der Waals surface area contributed by atoms with Gasteiger partial charge in [-0.25, -0.2) is 4.39 Å². The van der Waals surface area contributed by atoms with Crippen LogP contribution in [0.3, 0.4) is 0 Å². The molecule has 0 spiro atoms. The second-order valence-corrected chi connectivity index (χ2v) is 8.80. The van der Waals surface area contributed by atoms with Crippen molar-refractivity contribution in [1.82, 2.24) is 4.90 Å². The Morgan fingerprint density at radius 3 is 2.57 bits per heavy atom. The van der Waals surface area contributed by atoms with Gasteiger partial charge in [0.2, 0.25) is 5.76 Å². The van der Waals surface area contributed by atoms with Crippen molar-refractivity contribution in [2.75, 3.05) is 6.61 Å². The maximum Gasteiger partial charge on any atom is 0.291 e. The number of fused-ring (bicyclic) bond motifs is 2. The van der Waals surface area contributed by atoms with Crippen molar-refractivity contribution in [3.63, 3.8) is 0 Å². The molecule has 3 aromatic carbocycles. The SMILES string of the molecule is CCOc1cc([C@@H]2c3c(oc4cc(C)c(Cl)cc4c3=O)C(=O)N2Cc2ccc(F)cc2)ccc1O. The first-order valence-electron chi connectivity index (χ1n) is 11.1. The van der Waals surface area contributed by atoms with Crippen molar-refractivity contribution in [3.8, 4) is 11.5 Å². The molecule has 8 heteroatoms. The maximum atomic E-state index is 13.7. The zero-order chi connectivity index (χ0) is 24.9. The molecule has 1 aromatic heterocycles. The molecule has 1 atom stereocenters. The first-order valence-corrected chi connectivity index (χ1v) is 11.4. The standard InChI is InChI=1S/C27H21ClFNO5/c1-3-34-22-11-16(6-9-20(22)31)24-23-25(32)18-12-19(28)14(2)10-21(18)35-26(23)27(33)30(24)13-15-4-7-17(29)8-5-15/h4-12,24,31H,3,13H2,1-2H3/t24-/m1/s1. The Hall–Kier alpha value is -3.84. The van der Waals surface area contributed by atoms with Crippen LogP contribution in [-0.2, 0) is 6.54 Å². The second kappa shape index (κ2) is 8.74. The van der Waals surface area contributed by atoms with Gasteiger partial charge in [-0.3, -0.25) is 9.59 Å². The number of carbonyl (C=O) groups is 1. The molecule has 5 rings (SSSR count). The fourth-order valence-corrected chi connectivity index (χ4v) is 4.57. The van der Waals surface area contributed by atoms with E-state index in [4.69, 9.17) is 20.8 Å². The van der Waals surface area contributed by atoms with E-state index in [-0.39, 0.29) is 45.8 Å². The minimum atomic E-state index is -0.817. The van der Waals surface area contributed by atoms with E-state index < -0.39 is 17.8 Å². The maximum absolute atomic E-state index is 13.7. The summed E-state index contributed by atoms with van der Waals surface area (Å²) in [5, 5.41) is 10.9. The summed E-state index contributed by atoms with van der Waals surface area (Å²) >= 11 is 6.28. The Bertz CT molecular complexity index is 1530. The second-order valence-electron chi connectivity index (χ2n) is 8.39. The molecule has 0 aliphatic carbocycles. The summed E-state index contributed by atoms with van der Waals surface area (Å²) in [4.78, 5) is 28.8. The number of phenolic OH excluding ortho intramolecular Hbond substituents is 1. The van der Waals surface area contributed by atoms with Crippen LogP contribution in [0.5, 0.6) is 11.5 Å². The third-order valence-electron chi connectivity index (χ3n) is 6.11. The Morgan fingerprint density at radius 2 is 1.86 bits per heavy atom. The van der Waals surface area contributed by atoms with E-state index in [1.54, 1.807) is 50.2 Å². The highest BCUT2D eigenvalue weighted by Gasteiger charge is 2.43. The molecule has 0 fully saturated rings. The Labute approximate surface area is 205 Å². The van der Waals surface area contributed by atoms with E-state index in [2.05, 4.69) is 0 Å². The lowest BCUT2D eigenvalue weighted by Crippen LogP contribution is -2.29. The average Bonchev–Trinajstić information content (AvgIpc) is 3.10. The molecule has 1 amide bonds. The third kappa shape index (κ3) is 3.91. The van der Waals surface area contributed by atoms with Crippen LogP contribution in [0.15, 0.2) is 63.8 Å². The van der Waals surface area contributed by atoms with Crippen LogP contribution in [0.4, 0.5) is 4.39 Å². The summed E-state index contributed by atoms with van der Waals surface area (Å²) in [6, 6.07) is 12.9. The molecule has 0 saturated heterocycles. The summed E-state index contributed by atoms with van der Waals surface area (Å²) in [5.41, 5.74) is 2.04. The number of phenols is 1. The van der Waals surface area contributed by atoms with Crippen LogP contribution in [0, 0.1) is 12.7 Å². The van der Waals surface area contributed by atoms with E-state index in [0.29, 0.717) is 28.3 Å². The Balaban J connectivity index is 1.73. The van der Waals surface area contributed by atoms with Crippen LogP contribution >= 0.6 is 11.6 Å². The number of aromatic hydroxyl groups is 1. The lowest BCUT2D eigenvalue weighted by atomic mass is 9.97. The van der Waals surface area contributed by atoms with Crippen LogP contribution in [0.1, 0.15) is 45.8 Å². The van der Waals surface area contributed by atoms with Crippen LogP contribution < -0.4 is 10.2 Å². The molecule has 1 aliphatic rings. The van der Waals surface area contributed by atoms with Crippen LogP contribution in [-0.4, -0.2) is 22.5 Å². The molecule has 0 unspecified atom stereocenters. The zero-order valence-electron chi connectivity index (χ0n) is 19.0. The number of ether oxygens (including phenoxy) is 1. The van der Waals surface area contributed by atoms with E-state index in [1.165, 1.54) is 23.1 Å². The average molecular weight is 494 g/mol. The van der Waals surface area contributed by atoms with Gasteiger partial charge in [0.25, 0.3) is 5.91 Å². The first kappa shape index (κ1) is 22.9. The van der Waals surface area contributed by atoms with Gasteiger partial charge < -0.3 is 19.2 Å². The van der Waals surface area contributed by atoms with Crippen molar-refractivity contribution in [2.45, 2.75) is 26.4 Å². The summed E-state index contributed by atoms with van der Waals surface area (Å²) < 4.78 is 25.0. The molecule has 6 nitrogen and oxygen atoms in total. The van der Waals surface area contributed by atoms with Gasteiger partial charge in [-0.15, -0.1) is 0 Å². The lowest BCUT2D eigenvalue weighted by molar-refractivity contribution is 0.0714. The Morgan fingerprint density at radius 1 is 1.11 bits per heavy atom. The van der Waals surface area contributed by atoms with Crippen molar-refractivity contribution in [2.24, 2.45) is 0 Å². The number of hydrogen-bond acceptors (Lipinski definition) is 5. The molecular formula is C27H21ClFNO5. The summed E-state index contributed by atoms with van der Waals surface area (Å²) in [6.45, 7) is 4.00. The minimum absolute atomic E-state index is 0.0534. The van der Waals surface area contributed by atoms with Crippen molar-refractivity contribution < 1.29 is 23.4 Å². The predicted octanol–water partition coefficient (Wildman–Crippen LogP) is 5.74. The van der Waals surface area contributed by atoms with Crippen LogP contribution in [0.2, 0.25) is 5.02 Å². The third-order valence-corrected chi connectivity index (χ3v) is 6.52. The van der Waals surface area contributed by atoms with Gasteiger partial charge in [0.1, 0.15) is 11.4 Å². The molecule has 2 heterocycles. The topological polar surface area (TPSA) is 80.0 Å². The van der Waals surface area contributed by atoms with E-state index in [0.717, 1.165) is 0 Å². The quantitative estimate of drug-likeness (QED) is 0.383. The van der Waals surface area contributed by atoms with Crippen molar-refractivity contribution in [3.05, 3.63) is 104 Å². The van der Waals surface area contributed by atoms with Gasteiger partial charge in [-0.1, -0.05) is 29.8 Å². The lowest BCUT2D eigenvalue weighted by Gasteiger charge is -2.25. The van der Waals surface area contributed by atoms with Crippen molar-refractivity contribution in [1.29, 1.82) is 0 Å². The summed E-state index contributed by atoms with van der Waals surface area (Å²) in [6.07, 6.45) is 0. The minimum Gasteiger partial charge on any atom is -0.504 e. The highest BCUT2D eigenvalue weighted by Crippen LogP contribution is 2.41. The summed E-state index contributed by atoms with van der Waals surface area (Å²) in [7, 11) is 0. The molecule has 1 N–H and O–H groups in total. The van der Waals surface area contributed by atoms with Gasteiger partial charge >= 0.3 is 0 Å². The number of nitrogens with zero attached hydrogens (tertiary/aromatic N) is 1. The predicted molar refractivity (Wildman–Crippen MR) is 130 cm³/mol. The fraction of sp³-hybridized carbons (Fsp3) is 0.185. The van der Waals surface area contributed by atoms with Gasteiger partial charge in [-0.2, -0.15) is 0 Å². The first-order chi connectivity index (χ1) is 16.8. The molecule has 0 bridgehead atoms. The molecule has 1 aliphatic heterocycles. The number of benzene rings is 3. The molecule has 0 saturated carbocycles. The number of rotatable bonds is 5. The number of carbonyl (C=O) groups excluding carboxylic acids is 1. The number of hydrogen-bond donors (Lipinski definition) is 1. The highest BCUT2D eigenvalue weighted by molar-refractivity contribution is 6.32. The fourth-order valence-electron chi connectivity index (χ4n) is 4.41. The van der Waals surface area contributed by atoms with Gasteiger partial charge in [0.05, 0.1) is 23.6 Å². The highest BCUT2D eigenvalue weighted by atomic mass is 35.5. The molecule has 4 aromatic rings. The number of aryl methyl sites for hydroxylation is 1.